The van der Waals surface area contributed by atoms with Crippen LogP contribution in [-0.4, -0.2) is 22.3 Å². The van der Waals surface area contributed by atoms with Gasteiger partial charge in [-0.25, -0.2) is 4.39 Å². The Morgan fingerprint density at radius 2 is 2.04 bits per heavy atom. The van der Waals surface area contributed by atoms with Gasteiger partial charge in [0.05, 0.1) is 12.5 Å². The van der Waals surface area contributed by atoms with E-state index in [9.17, 15) is 22.7 Å². The number of nitrogens with one attached hydrogen (secondary N) is 1. The molecule has 0 bridgehead atoms. The molecule has 0 radical (unpaired) electrons. The van der Waals surface area contributed by atoms with E-state index in [1.165, 1.54) is 12.4 Å². The summed E-state index contributed by atoms with van der Waals surface area (Å²) in [6, 6.07) is 2.93. The molecule has 1 aromatic heterocycles. The van der Waals surface area contributed by atoms with Gasteiger partial charge < -0.3 is 10.4 Å². The Kier molecular flexibility index (Phi) is 4.73. The van der Waals surface area contributed by atoms with Gasteiger partial charge in [0.25, 0.3) is 0 Å². The van der Waals surface area contributed by atoms with Crippen molar-refractivity contribution in [2.75, 3.05) is 0 Å². The highest BCUT2D eigenvalue weighted by atomic mass is 19.4. The van der Waals surface area contributed by atoms with Crippen LogP contribution in [0.5, 0.6) is 0 Å². The number of pyridine rings is 1. The molecule has 3 nitrogen and oxygen atoms in total. The first kappa shape index (κ1) is 17.1. The molecule has 1 saturated carbocycles. The molecule has 130 valence electrons. The molecular weight excluding hydrogens is 324 g/mol. The van der Waals surface area contributed by atoms with E-state index in [0.29, 0.717) is 28.9 Å². The molecule has 1 unspecified atom stereocenters. The topological polar surface area (TPSA) is 45.1 Å². The fourth-order valence-corrected chi connectivity index (χ4v) is 2.96. The fraction of sp³-hybridized carbons (Fsp3) is 0.471. The molecule has 1 aliphatic carbocycles. The summed E-state index contributed by atoms with van der Waals surface area (Å²) >= 11 is 0. The summed E-state index contributed by atoms with van der Waals surface area (Å²) in [6.45, 7) is 0.298. The van der Waals surface area contributed by atoms with Crippen LogP contribution in [0, 0.1) is 5.82 Å². The zero-order chi connectivity index (χ0) is 17.3. The van der Waals surface area contributed by atoms with Crippen LogP contribution < -0.4 is 5.32 Å². The van der Waals surface area contributed by atoms with Gasteiger partial charge in [-0.05, 0) is 35.9 Å². The van der Waals surface area contributed by atoms with Crippen molar-refractivity contribution < 1.29 is 22.7 Å². The third kappa shape index (κ3) is 3.67. The first-order valence-electron chi connectivity index (χ1n) is 7.88. The average Bonchev–Trinajstić information content (AvgIpc) is 2.45. The predicted molar refractivity (Wildman–Crippen MR) is 81.8 cm³/mol. The minimum absolute atomic E-state index is 0.0830. The molecule has 0 spiro atoms. The largest absolute Gasteiger partial charge is 0.391 e. The smallest absolute Gasteiger partial charge is 0.388 e. The van der Waals surface area contributed by atoms with Gasteiger partial charge in [0.1, 0.15) is 5.82 Å². The van der Waals surface area contributed by atoms with Crippen LogP contribution in [0.15, 0.2) is 24.5 Å². The lowest BCUT2D eigenvalue weighted by molar-refractivity contribution is -0.154. The molecule has 24 heavy (non-hydrogen) atoms. The van der Waals surface area contributed by atoms with Crippen LogP contribution in [0.4, 0.5) is 17.6 Å². The fourth-order valence-electron chi connectivity index (χ4n) is 2.96. The van der Waals surface area contributed by atoms with Gasteiger partial charge in [0.15, 0.2) is 0 Å². The van der Waals surface area contributed by atoms with Crippen LogP contribution in [0.2, 0.25) is 0 Å². The Bertz CT molecular complexity index is 728. The van der Waals surface area contributed by atoms with Crippen molar-refractivity contribution in [3.63, 3.8) is 0 Å². The van der Waals surface area contributed by atoms with Crippen LogP contribution in [0.25, 0.3) is 10.8 Å². The van der Waals surface area contributed by atoms with Crippen LogP contribution in [0.1, 0.15) is 42.9 Å². The SMILES string of the molecule is OC(CC(F)(F)F)c1cc(F)c(CNC2CCC2)c2ccncc12. The van der Waals surface area contributed by atoms with E-state index < -0.39 is 24.5 Å². The molecule has 1 aliphatic rings. The number of aliphatic hydroxyl groups is 1. The minimum atomic E-state index is -4.53. The lowest BCUT2D eigenvalue weighted by atomic mass is 9.92. The highest BCUT2D eigenvalue weighted by Crippen LogP contribution is 2.35. The van der Waals surface area contributed by atoms with Crippen molar-refractivity contribution in [3.05, 3.63) is 41.5 Å². The Balaban J connectivity index is 1.96. The number of hydrogen-bond acceptors (Lipinski definition) is 3. The van der Waals surface area contributed by atoms with E-state index in [0.717, 1.165) is 25.3 Å². The second-order valence-electron chi connectivity index (χ2n) is 6.19. The van der Waals surface area contributed by atoms with Crippen molar-refractivity contribution in [2.45, 2.75) is 50.6 Å². The lowest BCUT2D eigenvalue weighted by Crippen LogP contribution is -2.34. The van der Waals surface area contributed by atoms with Crippen LogP contribution in [0.3, 0.4) is 0 Å². The van der Waals surface area contributed by atoms with Crippen LogP contribution >= 0.6 is 0 Å². The molecule has 7 heteroatoms. The second kappa shape index (κ2) is 6.64. The third-order valence-electron chi connectivity index (χ3n) is 4.48. The Labute approximate surface area is 136 Å². The molecule has 0 saturated heterocycles. The van der Waals surface area contributed by atoms with E-state index >= 15 is 0 Å². The van der Waals surface area contributed by atoms with Gasteiger partial charge in [-0.3, -0.25) is 4.98 Å². The lowest BCUT2D eigenvalue weighted by Gasteiger charge is -2.27. The Morgan fingerprint density at radius 3 is 2.67 bits per heavy atom. The van der Waals surface area contributed by atoms with Gasteiger partial charge in [-0.1, -0.05) is 6.42 Å². The number of nitrogens with zero attached hydrogens (tertiary/aromatic N) is 1. The number of halogens is 4. The summed E-state index contributed by atoms with van der Waals surface area (Å²) in [5.74, 6) is -0.614. The van der Waals surface area contributed by atoms with Crippen molar-refractivity contribution in [1.82, 2.24) is 10.3 Å². The maximum Gasteiger partial charge on any atom is 0.391 e. The van der Waals surface area contributed by atoms with Gasteiger partial charge in [-0.15, -0.1) is 0 Å². The van der Waals surface area contributed by atoms with E-state index in [1.807, 2.05) is 0 Å². The summed E-state index contributed by atoms with van der Waals surface area (Å²) in [7, 11) is 0. The van der Waals surface area contributed by atoms with Crippen molar-refractivity contribution in [2.24, 2.45) is 0 Å². The number of aromatic nitrogens is 1. The number of fused-ring (bicyclic) bond motifs is 1. The third-order valence-corrected chi connectivity index (χ3v) is 4.48. The number of aliphatic hydroxyl groups excluding tert-OH is 1. The van der Waals surface area contributed by atoms with E-state index in [2.05, 4.69) is 10.3 Å². The Morgan fingerprint density at radius 1 is 1.29 bits per heavy atom. The van der Waals surface area contributed by atoms with Crippen LogP contribution in [-0.2, 0) is 6.54 Å². The molecule has 0 aliphatic heterocycles. The first-order valence-corrected chi connectivity index (χ1v) is 7.88. The van der Waals surface area contributed by atoms with E-state index in [1.54, 1.807) is 6.07 Å². The van der Waals surface area contributed by atoms with Gasteiger partial charge in [-0.2, -0.15) is 13.2 Å². The zero-order valence-electron chi connectivity index (χ0n) is 12.9. The minimum Gasteiger partial charge on any atom is -0.388 e. The summed E-state index contributed by atoms with van der Waals surface area (Å²) in [6.07, 6.45) is -1.70. The molecule has 3 rings (SSSR count). The maximum absolute atomic E-state index is 14.5. The van der Waals surface area contributed by atoms with Crippen molar-refractivity contribution in [3.8, 4) is 0 Å². The molecule has 2 aromatic rings. The van der Waals surface area contributed by atoms with E-state index in [-0.39, 0.29) is 5.56 Å². The monoisotopic (exact) mass is 342 g/mol. The number of alkyl halides is 3. The highest BCUT2D eigenvalue weighted by molar-refractivity contribution is 5.88. The summed E-state index contributed by atoms with van der Waals surface area (Å²) < 4.78 is 52.1. The number of benzene rings is 1. The summed E-state index contributed by atoms with van der Waals surface area (Å²) in [4.78, 5) is 3.91. The highest BCUT2D eigenvalue weighted by Gasteiger charge is 2.33. The summed E-state index contributed by atoms with van der Waals surface area (Å²) in [5, 5.41) is 14.0. The standard InChI is InChI=1S/C17H18F4N2O/c18-15-6-12(16(24)7-17(19,20)21)13-8-22-5-4-11(13)14(15)9-23-10-2-1-3-10/h4-6,8,10,16,23-24H,1-3,7,9H2. The van der Waals surface area contributed by atoms with Gasteiger partial charge >= 0.3 is 6.18 Å². The normalized spacial score (nSPS) is 17.0. The maximum atomic E-state index is 14.5. The molecular formula is C17H18F4N2O. The molecule has 0 amide bonds. The summed E-state index contributed by atoms with van der Waals surface area (Å²) in [5.41, 5.74) is 0.308. The quantitative estimate of drug-likeness (QED) is 0.807. The first-order chi connectivity index (χ1) is 11.3. The van der Waals surface area contributed by atoms with E-state index in [4.69, 9.17) is 0 Å². The number of rotatable bonds is 5. The molecule has 1 atom stereocenters. The molecule has 2 N–H and O–H groups in total. The zero-order valence-corrected chi connectivity index (χ0v) is 12.9. The Hall–Kier alpha value is -1.73. The molecule has 1 fully saturated rings. The second-order valence-corrected chi connectivity index (χ2v) is 6.19. The molecule has 1 aromatic carbocycles. The predicted octanol–water partition coefficient (Wildman–Crippen LogP) is 4.00. The van der Waals surface area contributed by atoms with Crippen molar-refractivity contribution in [1.29, 1.82) is 0 Å². The molecule has 1 heterocycles. The number of hydrogen-bond donors (Lipinski definition) is 2. The average molecular weight is 342 g/mol. The van der Waals surface area contributed by atoms with Gasteiger partial charge in [0.2, 0.25) is 0 Å². The van der Waals surface area contributed by atoms with Gasteiger partial charge in [0, 0.05) is 35.9 Å². The van der Waals surface area contributed by atoms with Crippen molar-refractivity contribution >= 4 is 10.8 Å².